The standard InChI is InChI=1S/C24H22ClN3O2/c1-3-28-22-7-5-4-6-19(22)20-13-17(8-11-23(20)28)14-26-27-24(29)15-30-18-9-10-21(25)16(2)12-18/h4-14H,3,15H2,1-2H3,(H,27,29)/b26-14-. The summed E-state index contributed by atoms with van der Waals surface area (Å²) in [6.07, 6.45) is 1.64. The summed E-state index contributed by atoms with van der Waals surface area (Å²) in [5, 5.41) is 7.11. The number of rotatable bonds is 6. The Kier molecular flexibility index (Phi) is 5.72. The van der Waals surface area contributed by atoms with Crippen molar-refractivity contribution in [1.82, 2.24) is 9.99 Å². The van der Waals surface area contributed by atoms with Gasteiger partial charge >= 0.3 is 0 Å². The second-order valence-electron chi connectivity index (χ2n) is 7.03. The molecule has 5 nitrogen and oxygen atoms in total. The molecular weight excluding hydrogens is 398 g/mol. The predicted molar refractivity (Wildman–Crippen MR) is 123 cm³/mol. The van der Waals surface area contributed by atoms with Gasteiger partial charge in [-0.2, -0.15) is 5.10 Å². The number of benzene rings is 3. The molecule has 4 aromatic rings. The maximum Gasteiger partial charge on any atom is 0.277 e. The summed E-state index contributed by atoms with van der Waals surface area (Å²) in [6.45, 7) is 4.81. The normalized spacial score (nSPS) is 11.4. The topological polar surface area (TPSA) is 55.6 Å². The average molecular weight is 420 g/mol. The first-order chi connectivity index (χ1) is 14.6. The first kappa shape index (κ1) is 20.0. The number of aryl methyl sites for hydroxylation is 2. The molecule has 0 radical (unpaired) electrons. The Balaban J connectivity index is 1.44. The molecule has 3 aromatic carbocycles. The zero-order valence-electron chi connectivity index (χ0n) is 16.9. The Labute approximate surface area is 179 Å². The van der Waals surface area contributed by atoms with Gasteiger partial charge in [0.2, 0.25) is 0 Å². The van der Waals surface area contributed by atoms with Crippen molar-refractivity contribution >= 4 is 45.5 Å². The Bertz CT molecular complexity index is 1260. The zero-order valence-corrected chi connectivity index (χ0v) is 17.6. The van der Waals surface area contributed by atoms with E-state index in [1.807, 2.05) is 19.1 Å². The molecule has 0 saturated carbocycles. The van der Waals surface area contributed by atoms with Crippen LogP contribution in [0.2, 0.25) is 5.02 Å². The van der Waals surface area contributed by atoms with Gasteiger partial charge in [-0.25, -0.2) is 5.43 Å². The molecule has 0 saturated heterocycles. The van der Waals surface area contributed by atoms with Crippen molar-refractivity contribution in [3.8, 4) is 5.75 Å². The van der Waals surface area contributed by atoms with Gasteiger partial charge in [-0.05, 0) is 61.4 Å². The van der Waals surface area contributed by atoms with Crippen LogP contribution in [0.5, 0.6) is 5.75 Å². The van der Waals surface area contributed by atoms with Crippen molar-refractivity contribution in [3.05, 3.63) is 76.8 Å². The van der Waals surface area contributed by atoms with Crippen LogP contribution in [0.3, 0.4) is 0 Å². The molecule has 0 aliphatic carbocycles. The Hall–Kier alpha value is -3.31. The summed E-state index contributed by atoms with van der Waals surface area (Å²) in [6, 6.07) is 19.8. The molecule has 152 valence electrons. The molecule has 0 spiro atoms. The number of halogens is 1. The summed E-state index contributed by atoms with van der Waals surface area (Å²) < 4.78 is 7.77. The van der Waals surface area contributed by atoms with Gasteiger partial charge in [0, 0.05) is 33.4 Å². The molecular formula is C24H22ClN3O2. The molecule has 0 bridgehead atoms. The fourth-order valence-electron chi connectivity index (χ4n) is 3.56. The highest BCUT2D eigenvalue weighted by atomic mass is 35.5. The number of nitrogens with one attached hydrogen (secondary N) is 1. The fourth-order valence-corrected chi connectivity index (χ4v) is 3.68. The third kappa shape index (κ3) is 4.02. The van der Waals surface area contributed by atoms with Crippen LogP contribution in [-0.2, 0) is 11.3 Å². The van der Waals surface area contributed by atoms with Crippen LogP contribution in [-0.4, -0.2) is 23.3 Å². The van der Waals surface area contributed by atoms with Crippen LogP contribution in [0, 0.1) is 6.92 Å². The van der Waals surface area contributed by atoms with Crippen LogP contribution in [0.1, 0.15) is 18.1 Å². The van der Waals surface area contributed by atoms with E-state index in [4.69, 9.17) is 16.3 Å². The van der Waals surface area contributed by atoms with Crippen molar-refractivity contribution in [2.75, 3.05) is 6.61 Å². The molecule has 6 heteroatoms. The Morgan fingerprint density at radius 1 is 1.10 bits per heavy atom. The highest BCUT2D eigenvalue weighted by Crippen LogP contribution is 2.29. The quantitative estimate of drug-likeness (QED) is 0.340. The summed E-state index contributed by atoms with van der Waals surface area (Å²) in [4.78, 5) is 12.0. The van der Waals surface area contributed by atoms with Crippen molar-refractivity contribution in [2.45, 2.75) is 20.4 Å². The minimum absolute atomic E-state index is 0.124. The second kappa shape index (κ2) is 8.59. The smallest absolute Gasteiger partial charge is 0.277 e. The van der Waals surface area contributed by atoms with Crippen LogP contribution < -0.4 is 10.2 Å². The summed E-state index contributed by atoms with van der Waals surface area (Å²) in [5.41, 5.74) is 6.71. The summed E-state index contributed by atoms with van der Waals surface area (Å²) in [5.74, 6) is 0.260. The molecule has 0 aliphatic rings. The summed E-state index contributed by atoms with van der Waals surface area (Å²) >= 11 is 5.99. The highest BCUT2D eigenvalue weighted by Gasteiger charge is 2.09. The molecule has 30 heavy (non-hydrogen) atoms. The molecule has 1 N–H and O–H groups in total. The van der Waals surface area contributed by atoms with Gasteiger partial charge in [0.15, 0.2) is 6.61 Å². The number of carbonyl (C=O) groups excluding carboxylic acids is 1. The van der Waals surface area contributed by atoms with E-state index in [0.29, 0.717) is 10.8 Å². The third-order valence-electron chi connectivity index (χ3n) is 5.01. The van der Waals surface area contributed by atoms with E-state index >= 15 is 0 Å². The van der Waals surface area contributed by atoms with Gasteiger partial charge in [-0.15, -0.1) is 0 Å². The minimum Gasteiger partial charge on any atom is -0.484 e. The largest absolute Gasteiger partial charge is 0.484 e. The molecule has 1 amide bonds. The van der Waals surface area contributed by atoms with Crippen molar-refractivity contribution in [2.24, 2.45) is 5.10 Å². The molecule has 0 fully saturated rings. The first-order valence-electron chi connectivity index (χ1n) is 9.78. The number of aromatic nitrogens is 1. The monoisotopic (exact) mass is 419 g/mol. The maximum absolute atomic E-state index is 12.0. The van der Waals surface area contributed by atoms with E-state index in [1.54, 1.807) is 24.4 Å². The number of fused-ring (bicyclic) bond motifs is 3. The molecule has 0 aliphatic heterocycles. The van der Waals surface area contributed by atoms with Gasteiger partial charge in [0.1, 0.15) is 5.75 Å². The zero-order chi connectivity index (χ0) is 21.1. The van der Waals surface area contributed by atoms with Gasteiger partial charge in [-0.1, -0.05) is 35.9 Å². The molecule has 4 rings (SSSR count). The van der Waals surface area contributed by atoms with Gasteiger partial charge < -0.3 is 9.30 Å². The van der Waals surface area contributed by atoms with E-state index in [2.05, 4.69) is 52.3 Å². The molecule has 1 heterocycles. The van der Waals surface area contributed by atoms with E-state index < -0.39 is 0 Å². The van der Waals surface area contributed by atoms with Gasteiger partial charge in [0.25, 0.3) is 5.91 Å². The fraction of sp³-hybridized carbons (Fsp3) is 0.167. The van der Waals surface area contributed by atoms with Crippen molar-refractivity contribution in [3.63, 3.8) is 0 Å². The lowest BCUT2D eigenvalue weighted by Gasteiger charge is -2.06. The van der Waals surface area contributed by atoms with Crippen LogP contribution >= 0.6 is 11.6 Å². The van der Waals surface area contributed by atoms with E-state index in [0.717, 1.165) is 17.7 Å². The van der Waals surface area contributed by atoms with Crippen LogP contribution in [0.4, 0.5) is 0 Å². The van der Waals surface area contributed by atoms with E-state index in [9.17, 15) is 4.79 Å². The lowest BCUT2D eigenvalue weighted by molar-refractivity contribution is -0.123. The highest BCUT2D eigenvalue weighted by molar-refractivity contribution is 6.31. The lowest BCUT2D eigenvalue weighted by atomic mass is 10.1. The summed E-state index contributed by atoms with van der Waals surface area (Å²) in [7, 11) is 0. The molecule has 1 aromatic heterocycles. The number of nitrogens with zero attached hydrogens (tertiary/aromatic N) is 2. The SMILES string of the molecule is CCn1c2ccccc2c2cc(/C=N\NC(=O)COc3ccc(Cl)c(C)c3)ccc21. The molecule has 0 unspecified atom stereocenters. The average Bonchev–Trinajstić information content (AvgIpc) is 3.07. The van der Waals surface area contributed by atoms with E-state index in [-0.39, 0.29) is 12.5 Å². The number of hydrogen-bond acceptors (Lipinski definition) is 3. The van der Waals surface area contributed by atoms with Crippen molar-refractivity contribution < 1.29 is 9.53 Å². The Morgan fingerprint density at radius 3 is 2.70 bits per heavy atom. The Morgan fingerprint density at radius 2 is 1.90 bits per heavy atom. The maximum atomic E-state index is 12.0. The van der Waals surface area contributed by atoms with Gasteiger partial charge in [-0.3, -0.25) is 4.79 Å². The number of hydrogen-bond donors (Lipinski definition) is 1. The number of amides is 1. The second-order valence-corrected chi connectivity index (χ2v) is 7.44. The third-order valence-corrected chi connectivity index (χ3v) is 5.44. The first-order valence-corrected chi connectivity index (χ1v) is 10.2. The van der Waals surface area contributed by atoms with Crippen LogP contribution in [0.15, 0.2) is 65.8 Å². The number of hydrazone groups is 1. The number of carbonyl (C=O) groups is 1. The van der Waals surface area contributed by atoms with E-state index in [1.165, 1.54) is 21.8 Å². The number of para-hydroxylation sites is 1. The van der Waals surface area contributed by atoms with Gasteiger partial charge in [0.05, 0.1) is 6.21 Å². The molecule has 0 atom stereocenters. The minimum atomic E-state index is -0.331. The predicted octanol–water partition coefficient (Wildman–Crippen LogP) is 5.31. The van der Waals surface area contributed by atoms with Crippen LogP contribution in [0.25, 0.3) is 21.8 Å². The van der Waals surface area contributed by atoms with Crippen molar-refractivity contribution in [1.29, 1.82) is 0 Å². The number of ether oxygens (including phenoxy) is 1. The lowest BCUT2D eigenvalue weighted by Crippen LogP contribution is -2.24.